The van der Waals surface area contributed by atoms with Crippen LogP contribution in [0.15, 0.2) is 45.8 Å². The number of ether oxygens (including phenoxy) is 1. The molecule has 1 aromatic carbocycles. The maximum Gasteiger partial charge on any atom is 0.284 e. The molecule has 1 aliphatic heterocycles. The highest BCUT2D eigenvalue weighted by Gasteiger charge is 2.24. The Bertz CT molecular complexity index is 955. The van der Waals surface area contributed by atoms with Gasteiger partial charge in [0.15, 0.2) is 11.0 Å². The van der Waals surface area contributed by atoms with Crippen molar-refractivity contribution in [2.75, 3.05) is 6.61 Å². The molecule has 0 radical (unpaired) electrons. The lowest BCUT2D eigenvalue weighted by Gasteiger charge is -2.14. The monoisotopic (exact) mass is 422 g/mol. The van der Waals surface area contributed by atoms with E-state index in [0.29, 0.717) is 21.6 Å². The molecule has 1 atom stereocenters. The molecule has 140 valence electrons. The third-order valence-corrected chi connectivity index (χ3v) is 6.34. The van der Waals surface area contributed by atoms with Crippen LogP contribution in [-0.4, -0.2) is 32.4 Å². The summed E-state index contributed by atoms with van der Waals surface area (Å²) in [4.78, 5) is 12.4. The second-order valence-electron chi connectivity index (χ2n) is 6.00. The summed E-state index contributed by atoms with van der Waals surface area (Å²) < 4.78 is 7.76. The molecule has 3 heterocycles. The fourth-order valence-corrected chi connectivity index (χ4v) is 4.73. The Morgan fingerprint density at radius 3 is 3.00 bits per heavy atom. The van der Waals surface area contributed by atoms with Crippen molar-refractivity contribution < 1.29 is 9.66 Å². The number of thiophene rings is 1. The highest BCUT2D eigenvalue weighted by molar-refractivity contribution is 7.99. The van der Waals surface area contributed by atoms with Gasteiger partial charge < -0.3 is 4.74 Å². The number of nitro groups is 1. The Morgan fingerprint density at radius 1 is 1.41 bits per heavy atom. The first kappa shape index (κ1) is 18.4. The van der Waals surface area contributed by atoms with Gasteiger partial charge in [0.1, 0.15) is 0 Å². The number of rotatable bonds is 6. The zero-order valence-electron chi connectivity index (χ0n) is 14.1. The summed E-state index contributed by atoms with van der Waals surface area (Å²) in [6, 6.07) is 8.57. The number of hydrogen-bond donors (Lipinski definition) is 0. The molecule has 7 nitrogen and oxygen atoms in total. The van der Waals surface area contributed by atoms with Gasteiger partial charge >= 0.3 is 0 Å². The number of benzene rings is 1. The zero-order valence-corrected chi connectivity index (χ0v) is 16.5. The van der Waals surface area contributed by atoms with Gasteiger partial charge in [-0.3, -0.25) is 14.7 Å². The molecule has 3 aromatic rings. The van der Waals surface area contributed by atoms with E-state index in [1.165, 1.54) is 17.8 Å². The van der Waals surface area contributed by atoms with Gasteiger partial charge in [-0.1, -0.05) is 17.7 Å². The van der Waals surface area contributed by atoms with E-state index in [4.69, 9.17) is 16.3 Å². The minimum Gasteiger partial charge on any atom is -0.376 e. The molecule has 1 fully saturated rings. The van der Waals surface area contributed by atoms with Crippen LogP contribution in [0.4, 0.5) is 5.69 Å². The average Bonchev–Trinajstić information content (AvgIpc) is 3.39. The van der Waals surface area contributed by atoms with Crippen molar-refractivity contribution in [3.05, 3.63) is 50.8 Å². The van der Waals surface area contributed by atoms with E-state index in [9.17, 15) is 10.1 Å². The van der Waals surface area contributed by atoms with E-state index in [-0.39, 0.29) is 11.8 Å². The number of nitro benzene ring substituents is 1. The second kappa shape index (κ2) is 7.97. The van der Waals surface area contributed by atoms with Crippen LogP contribution >= 0.6 is 34.7 Å². The van der Waals surface area contributed by atoms with Crippen molar-refractivity contribution in [2.24, 2.45) is 0 Å². The fraction of sp³-hybridized carbons (Fsp3) is 0.294. The summed E-state index contributed by atoms with van der Waals surface area (Å²) in [5.74, 6) is 0.750. The van der Waals surface area contributed by atoms with E-state index in [0.717, 1.165) is 30.2 Å². The summed E-state index contributed by atoms with van der Waals surface area (Å²) in [6.45, 7) is 1.37. The molecular weight excluding hydrogens is 408 g/mol. The molecule has 0 amide bonds. The minimum absolute atomic E-state index is 0.0446. The summed E-state index contributed by atoms with van der Waals surface area (Å²) in [5, 5.41) is 22.9. The van der Waals surface area contributed by atoms with E-state index < -0.39 is 4.92 Å². The lowest BCUT2D eigenvalue weighted by atomic mass is 10.2. The van der Waals surface area contributed by atoms with Crippen molar-refractivity contribution in [1.82, 2.24) is 14.8 Å². The highest BCUT2D eigenvalue weighted by Crippen LogP contribution is 2.37. The Balaban J connectivity index is 1.71. The van der Waals surface area contributed by atoms with Gasteiger partial charge in [-0.2, -0.15) is 0 Å². The number of hydrogen-bond acceptors (Lipinski definition) is 7. The van der Waals surface area contributed by atoms with Gasteiger partial charge in [0.05, 0.1) is 27.3 Å². The van der Waals surface area contributed by atoms with Crippen molar-refractivity contribution in [1.29, 1.82) is 0 Å². The third kappa shape index (κ3) is 4.01. The van der Waals surface area contributed by atoms with Crippen LogP contribution < -0.4 is 0 Å². The van der Waals surface area contributed by atoms with Crippen molar-refractivity contribution >= 4 is 40.4 Å². The Hall–Kier alpha value is -1.94. The van der Waals surface area contributed by atoms with Gasteiger partial charge in [-0.05, 0) is 48.2 Å². The van der Waals surface area contributed by atoms with Gasteiger partial charge in [0.25, 0.3) is 5.69 Å². The summed E-state index contributed by atoms with van der Waals surface area (Å²) >= 11 is 8.71. The van der Waals surface area contributed by atoms with Crippen LogP contribution in [0.5, 0.6) is 0 Å². The fourth-order valence-electron chi connectivity index (χ4n) is 2.93. The van der Waals surface area contributed by atoms with E-state index >= 15 is 0 Å². The number of nitrogens with zero attached hydrogens (tertiary/aromatic N) is 4. The lowest BCUT2D eigenvalue weighted by molar-refractivity contribution is -0.387. The first-order chi connectivity index (χ1) is 13.1. The van der Waals surface area contributed by atoms with E-state index in [2.05, 4.69) is 10.2 Å². The molecule has 0 spiro atoms. The summed E-state index contributed by atoms with van der Waals surface area (Å²) in [7, 11) is 0. The highest BCUT2D eigenvalue weighted by atomic mass is 35.5. The summed E-state index contributed by atoms with van der Waals surface area (Å²) in [5.41, 5.74) is -0.0446. The number of halogens is 1. The molecule has 27 heavy (non-hydrogen) atoms. The Morgan fingerprint density at radius 2 is 2.30 bits per heavy atom. The molecule has 10 heteroatoms. The molecule has 0 saturated carbocycles. The van der Waals surface area contributed by atoms with Crippen molar-refractivity contribution in [3.63, 3.8) is 0 Å². The molecule has 1 aliphatic rings. The quantitative estimate of drug-likeness (QED) is 0.415. The lowest BCUT2D eigenvalue weighted by Crippen LogP contribution is -2.16. The molecule has 0 unspecified atom stereocenters. The normalized spacial score (nSPS) is 16.7. The van der Waals surface area contributed by atoms with Crippen molar-refractivity contribution in [2.45, 2.75) is 35.5 Å². The molecular formula is C17H15ClN4O3S2. The summed E-state index contributed by atoms with van der Waals surface area (Å²) in [6.07, 6.45) is 2.11. The van der Waals surface area contributed by atoms with Crippen LogP contribution in [0.25, 0.3) is 10.7 Å². The maximum absolute atomic E-state index is 11.4. The molecule has 1 saturated heterocycles. The largest absolute Gasteiger partial charge is 0.376 e. The van der Waals surface area contributed by atoms with Crippen LogP contribution in [0.1, 0.15) is 12.8 Å². The molecule has 0 bridgehead atoms. The van der Waals surface area contributed by atoms with E-state index in [1.54, 1.807) is 23.5 Å². The predicted octanol–water partition coefficient (Wildman–Crippen LogP) is 4.90. The maximum atomic E-state index is 11.4. The zero-order chi connectivity index (χ0) is 18.8. The standard InChI is InChI=1S/C17H15ClN4O3S2/c18-11-5-6-14(13(9-11)22(23)24)27-17-20-19-16(15-4-2-8-26-15)21(17)10-12-3-1-7-25-12/h2,4-6,8-9,12H,1,3,7,10H2/t12-/m1/s1. The van der Waals surface area contributed by atoms with Crippen LogP contribution in [-0.2, 0) is 11.3 Å². The SMILES string of the molecule is O=[N+]([O-])c1cc(Cl)ccc1Sc1nnc(-c2cccs2)n1C[C@H]1CCCO1. The van der Waals surface area contributed by atoms with Crippen LogP contribution in [0.2, 0.25) is 5.02 Å². The van der Waals surface area contributed by atoms with Gasteiger partial charge in [0.2, 0.25) is 0 Å². The first-order valence-corrected chi connectivity index (χ1v) is 10.4. The molecule has 0 N–H and O–H groups in total. The Labute approximate surface area is 168 Å². The first-order valence-electron chi connectivity index (χ1n) is 8.32. The minimum atomic E-state index is -0.435. The van der Waals surface area contributed by atoms with Gasteiger partial charge in [-0.15, -0.1) is 21.5 Å². The second-order valence-corrected chi connectivity index (χ2v) is 8.39. The average molecular weight is 423 g/mol. The smallest absolute Gasteiger partial charge is 0.284 e. The molecule has 4 rings (SSSR count). The van der Waals surface area contributed by atoms with Gasteiger partial charge in [-0.25, -0.2) is 0 Å². The Kier molecular flexibility index (Phi) is 5.44. The van der Waals surface area contributed by atoms with Crippen LogP contribution in [0, 0.1) is 10.1 Å². The van der Waals surface area contributed by atoms with Gasteiger partial charge in [0, 0.05) is 17.7 Å². The number of aromatic nitrogens is 3. The molecule has 0 aliphatic carbocycles. The topological polar surface area (TPSA) is 83.1 Å². The third-order valence-electron chi connectivity index (χ3n) is 4.19. The van der Waals surface area contributed by atoms with E-state index in [1.807, 2.05) is 22.1 Å². The van der Waals surface area contributed by atoms with Crippen LogP contribution in [0.3, 0.4) is 0 Å². The van der Waals surface area contributed by atoms with Crippen molar-refractivity contribution in [3.8, 4) is 10.7 Å². The molecule has 2 aromatic heterocycles. The predicted molar refractivity (Wildman–Crippen MR) is 105 cm³/mol.